The fourth-order valence-corrected chi connectivity index (χ4v) is 4.14. The lowest BCUT2D eigenvalue weighted by atomic mass is 9.85. The second-order valence-electron chi connectivity index (χ2n) is 7.50. The van der Waals surface area contributed by atoms with Crippen molar-refractivity contribution in [3.63, 3.8) is 0 Å². The van der Waals surface area contributed by atoms with Gasteiger partial charge in [0, 0.05) is 17.3 Å². The van der Waals surface area contributed by atoms with Crippen molar-refractivity contribution < 1.29 is 28.5 Å². The summed E-state index contributed by atoms with van der Waals surface area (Å²) in [7, 11) is 1.39. The highest BCUT2D eigenvalue weighted by atomic mass is 16.5. The Morgan fingerprint density at radius 3 is 2.12 bits per heavy atom. The van der Waals surface area contributed by atoms with E-state index in [0.717, 1.165) is 5.56 Å². The van der Waals surface area contributed by atoms with Crippen LogP contribution in [0.2, 0.25) is 0 Å². The normalized spacial score (nSPS) is 17.3. The summed E-state index contributed by atoms with van der Waals surface area (Å²) in [6, 6.07) is 10.6. The molecule has 0 saturated heterocycles. The number of carbonyl (C=O) groups is 2. The van der Waals surface area contributed by atoms with Crippen molar-refractivity contribution in [2.45, 2.75) is 46.1 Å². The Morgan fingerprint density at radius 1 is 0.969 bits per heavy atom. The van der Waals surface area contributed by atoms with Crippen molar-refractivity contribution in [1.29, 1.82) is 0 Å². The molecule has 0 fully saturated rings. The summed E-state index contributed by atoms with van der Waals surface area (Å²) in [4.78, 5) is 27.9. The van der Waals surface area contributed by atoms with E-state index in [1.807, 2.05) is 52.0 Å². The van der Waals surface area contributed by atoms with Crippen LogP contribution >= 0.6 is 0 Å². The Hall–Kier alpha value is -3.22. The molecular weight excluding hydrogens is 410 g/mol. The van der Waals surface area contributed by atoms with Crippen molar-refractivity contribution >= 4 is 17.6 Å². The predicted molar refractivity (Wildman–Crippen MR) is 122 cm³/mol. The van der Waals surface area contributed by atoms with Gasteiger partial charge in [-0.25, -0.2) is 0 Å². The average Bonchev–Trinajstić information content (AvgIpc) is 2.79. The third-order valence-corrected chi connectivity index (χ3v) is 5.45. The van der Waals surface area contributed by atoms with Crippen molar-refractivity contribution in [3.8, 4) is 17.2 Å². The largest absolute Gasteiger partial charge is 0.490 e. The zero-order chi connectivity index (χ0) is 23.3. The minimum Gasteiger partial charge on any atom is -0.490 e. The first-order chi connectivity index (χ1) is 15.5. The molecule has 3 rings (SSSR count). The first-order valence-corrected chi connectivity index (χ1v) is 11.0. The average molecular weight is 442 g/mol. The number of benzene rings is 2. The fraction of sp³-hybridized carbons (Fsp3) is 0.440. The molecule has 2 atom stereocenters. The van der Waals surface area contributed by atoms with E-state index in [4.69, 9.17) is 18.9 Å². The van der Waals surface area contributed by atoms with Gasteiger partial charge in [0.1, 0.15) is 0 Å². The van der Waals surface area contributed by atoms with E-state index in [-0.39, 0.29) is 17.9 Å². The molecule has 32 heavy (non-hydrogen) atoms. The number of rotatable bonds is 8. The number of hydrogen-bond donors (Lipinski definition) is 0. The summed E-state index contributed by atoms with van der Waals surface area (Å²) in [6.45, 7) is 8.86. The highest BCUT2D eigenvalue weighted by molar-refractivity contribution is 6.08. The molecule has 172 valence electrons. The van der Waals surface area contributed by atoms with Crippen LogP contribution in [0.15, 0.2) is 36.4 Å². The number of methoxy groups -OCH3 is 1. The van der Waals surface area contributed by atoms with Crippen LogP contribution in [-0.2, 0) is 9.53 Å². The monoisotopic (exact) mass is 441 g/mol. The van der Waals surface area contributed by atoms with Gasteiger partial charge in [0.25, 0.3) is 5.91 Å². The lowest BCUT2D eigenvalue weighted by Gasteiger charge is -2.38. The lowest BCUT2D eigenvalue weighted by molar-refractivity contribution is -0.142. The number of para-hydroxylation sites is 1. The molecule has 2 aromatic rings. The van der Waals surface area contributed by atoms with Gasteiger partial charge in [0.15, 0.2) is 11.5 Å². The molecule has 2 unspecified atom stereocenters. The summed E-state index contributed by atoms with van der Waals surface area (Å²) in [5.41, 5.74) is 1.92. The van der Waals surface area contributed by atoms with E-state index < -0.39 is 5.92 Å². The Kier molecular flexibility index (Phi) is 7.62. The van der Waals surface area contributed by atoms with Crippen LogP contribution in [0.1, 0.15) is 56.0 Å². The van der Waals surface area contributed by atoms with E-state index >= 15 is 0 Å². The van der Waals surface area contributed by atoms with Crippen molar-refractivity contribution in [1.82, 2.24) is 0 Å². The minimum atomic E-state index is -0.409. The number of anilines is 1. The van der Waals surface area contributed by atoms with Gasteiger partial charge >= 0.3 is 5.97 Å². The molecule has 1 amide bonds. The Labute approximate surface area is 189 Å². The lowest BCUT2D eigenvalue weighted by Crippen LogP contribution is -2.44. The van der Waals surface area contributed by atoms with Gasteiger partial charge in [0.05, 0.1) is 32.8 Å². The number of esters is 1. The number of hydrogen-bond acceptors (Lipinski definition) is 6. The molecule has 0 N–H and O–H groups in total. The summed E-state index contributed by atoms with van der Waals surface area (Å²) >= 11 is 0. The van der Waals surface area contributed by atoms with E-state index in [9.17, 15) is 9.59 Å². The van der Waals surface area contributed by atoms with Crippen LogP contribution in [0, 0.1) is 0 Å². The zero-order valence-corrected chi connectivity index (χ0v) is 19.3. The molecule has 1 heterocycles. The topological polar surface area (TPSA) is 74.3 Å². The molecule has 7 nitrogen and oxygen atoms in total. The molecule has 0 bridgehead atoms. The molecule has 0 aliphatic carbocycles. The number of ether oxygens (including phenoxy) is 4. The smallest absolute Gasteiger partial charge is 0.313 e. The number of fused-ring (bicyclic) bond motifs is 1. The standard InChI is InChI=1S/C25H31NO6/c1-6-30-21-14-17(15-22(31-7-2)23(21)32-8-3)24(27)26-16(4)13-19(25(28)29-5)18-11-9-10-12-20(18)26/h9-12,14-16,19H,6-8,13H2,1-5H3. The molecule has 2 aromatic carbocycles. The molecule has 1 aliphatic rings. The van der Waals surface area contributed by atoms with E-state index in [1.54, 1.807) is 17.0 Å². The van der Waals surface area contributed by atoms with Gasteiger partial charge in [0.2, 0.25) is 5.75 Å². The van der Waals surface area contributed by atoms with Crippen LogP contribution in [0.4, 0.5) is 5.69 Å². The molecule has 0 aromatic heterocycles. The van der Waals surface area contributed by atoms with Crippen molar-refractivity contribution in [2.75, 3.05) is 31.8 Å². The van der Waals surface area contributed by atoms with E-state index in [0.29, 0.717) is 54.7 Å². The van der Waals surface area contributed by atoms with Crippen LogP contribution in [-0.4, -0.2) is 44.8 Å². The first-order valence-electron chi connectivity index (χ1n) is 11.0. The van der Waals surface area contributed by atoms with Crippen LogP contribution < -0.4 is 19.1 Å². The third kappa shape index (κ3) is 4.52. The highest BCUT2D eigenvalue weighted by Crippen LogP contribution is 2.42. The predicted octanol–water partition coefficient (Wildman–Crippen LogP) is 4.58. The molecule has 7 heteroatoms. The van der Waals surface area contributed by atoms with Crippen molar-refractivity contribution in [3.05, 3.63) is 47.5 Å². The van der Waals surface area contributed by atoms with Crippen LogP contribution in [0.3, 0.4) is 0 Å². The molecule has 0 saturated carbocycles. The summed E-state index contributed by atoms with van der Waals surface area (Å²) in [5, 5.41) is 0. The summed E-state index contributed by atoms with van der Waals surface area (Å²) in [6.07, 6.45) is 0.475. The maximum Gasteiger partial charge on any atom is 0.313 e. The highest BCUT2D eigenvalue weighted by Gasteiger charge is 2.38. The number of carbonyl (C=O) groups excluding carboxylic acids is 2. The van der Waals surface area contributed by atoms with E-state index in [1.165, 1.54) is 7.11 Å². The van der Waals surface area contributed by atoms with Gasteiger partial charge in [-0.05, 0) is 57.9 Å². The fourth-order valence-electron chi connectivity index (χ4n) is 4.14. The van der Waals surface area contributed by atoms with E-state index in [2.05, 4.69) is 0 Å². The minimum absolute atomic E-state index is 0.196. The molecular formula is C25H31NO6. The SMILES string of the molecule is CCOc1cc(C(=O)N2c3ccccc3C(C(=O)OC)CC2C)cc(OCC)c1OCC. The van der Waals surface area contributed by atoms with Crippen LogP contribution in [0.5, 0.6) is 17.2 Å². The molecule has 1 aliphatic heterocycles. The quantitative estimate of drug-likeness (QED) is 0.559. The second kappa shape index (κ2) is 10.4. The summed E-state index contributed by atoms with van der Waals surface area (Å²) < 4.78 is 22.3. The van der Waals surface area contributed by atoms with Crippen molar-refractivity contribution in [2.24, 2.45) is 0 Å². The van der Waals surface area contributed by atoms with Gasteiger partial charge in [-0.2, -0.15) is 0 Å². The van der Waals surface area contributed by atoms with Crippen LogP contribution in [0.25, 0.3) is 0 Å². The number of nitrogens with zero attached hydrogens (tertiary/aromatic N) is 1. The van der Waals surface area contributed by atoms with Gasteiger partial charge < -0.3 is 23.8 Å². The first kappa shape index (κ1) is 23.4. The maximum atomic E-state index is 13.8. The third-order valence-electron chi connectivity index (χ3n) is 5.45. The number of amides is 1. The Balaban J connectivity index is 2.08. The zero-order valence-electron chi connectivity index (χ0n) is 19.3. The molecule has 0 radical (unpaired) electrons. The Morgan fingerprint density at radius 2 is 1.56 bits per heavy atom. The second-order valence-corrected chi connectivity index (χ2v) is 7.50. The van der Waals surface area contributed by atoms with Gasteiger partial charge in [-0.1, -0.05) is 18.2 Å². The maximum absolute atomic E-state index is 13.8. The Bertz CT molecular complexity index is 946. The van der Waals surface area contributed by atoms with Gasteiger partial charge in [-0.15, -0.1) is 0 Å². The summed E-state index contributed by atoms with van der Waals surface area (Å²) in [5.74, 6) is 0.523. The molecule has 0 spiro atoms. The van der Waals surface area contributed by atoms with Gasteiger partial charge in [-0.3, -0.25) is 9.59 Å².